The summed E-state index contributed by atoms with van der Waals surface area (Å²) in [6.07, 6.45) is 5.16. The van der Waals surface area contributed by atoms with Gasteiger partial charge in [-0.3, -0.25) is 4.98 Å². The van der Waals surface area contributed by atoms with Crippen LogP contribution in [0.25, 0.3) is 65.7 Å². The van der Waals surface area contributed by atoms with Gasteiger partial charge < -0.3 is 10.2 Å². The average Bonchev–Trinajstić information content (AvgIpc) is 3.53. The van der Waals surface area contributed by atoms with E-state index in [-0.39, 0.29) is 6.17 Å². The second kappa shape index (κ2) is 11.1. The molecule has 0 aliphatic carbocycles. The Morgan fingerprint density at radius 1 is 0.532 bits per heavy atom. The van der Waals surface area contributed by atoms with E-state index in [1.165, 1.54) is 65.8 Å². The molecule has 0 fully saturated rings. The third-order valence-electron chi connectivity index (χ3n) is 9.64. The zero-order valence-electron chi connectivity index (χ0n) is 26.2. The molecule has 1 N–H and O–H groups in total. The van der Waals surface area contributed by atoms with Crippen LogP contribution in [-0.4, -0.2) is 11.1 Å². The first-order valence-corrected chi connectivity index (χ1v) is 16.4. The standard InChI is InChI=1S/C44H33N3/c1-2-42-46-40-18-10-11-19-41(40)47(42)35-25-34(27-45-28-35)44-37-17-9-8-16-36(37)43(33-21-20-30-14-6-7-15-31(30)24-33)38-23-22-32(26-39(38)44)29-12-4-3-5-13-29/h3-28,42,46H,2H2,1H3. The zero-order chi connectivity index (χ0) is 31.3. The number of hydrogen-bond acceptors (Lipinski definition) is 3. The predicted octanol–water partition coefficient (Wildman–Crippen LogP) is 11.8. The predicted molar refractivity (Wildman–Crippen MR) is 199 cm³/mol. The van der Waals surface area contributed by atoms with Gasteiger partial charge in [-0.1, -0.05) is 122 Å². The van der Waals surface area contributed by atoms with Crippen LogP contribution in [0.4, 0.5) is 17.1 Å². The Bertz CT molecular complexity index is 2450. The fraction of sp³-hybridized carbons (Fsp3) is 0.0682. The summed E-state index contributed by atoms with van der Waals surface area (Å²) in [7, 11) is 0. The van der Waals surface area contributed by atoms with Gasteiger partial charge in [0.2, 0.25) is 0 Å². The van der Waals surface area contributed by atoms with E-state index in [1.807, 2.05) is 12.4 Å². The Balaban J connectivity index is 1.34. The molecule has 1 aliphatic heterocycles. The van der Waals surface area contributed by atoms with Crippen LogP contribution in [0.3, 0.4) is 0 Å². The molecular weight excluding hydrogens is 571 g/mol. The smallest absolute Gasteiger partial charge is 0.104 e. The fourth-order valence-corrected chi connectivity index (χ4v) is 7.47. The Morgan fingerprint density at radius 3 is 2.04 bits per heavy atom. The summed E-state index contributed by atoms with van der Waals surface area (Å²) in [5.74, 6) is 0. The highest BCUT2D eigenvalue weighted by molar-refractivity contribution is 6.22. The van der Waals surface area contributed by atoms with Gasteiger partial charge in [0.05, 0.1) is 23.3 Å². The van der Waals surface area contributed by atoms with E-state index in [0.717, 1.165) is 23.4 Å². The highest BCUT2D eigenvalue weighted by Gasteiger charge is 2.29. The van der Waals surface area contributed by atoms with Crippen LogP contribution in [0.2, 0.25) is 0 Å². The van der Waals surface area contributed by atoms with E-state index in [0.29, 0.717) is 0 Å². The summed E-state index contributed by atoms with van der Waals surface area (Å²) in [5.41, 5.74) is 10.6. The van der Waals surface area contributed by atoms with Crippen LogP contribution >= 0.6 is 0 Å². The molecule has 0 saturated heterocycles. The van der Waals surface area contributed by atoms with Gasteiger partial charge in [-0.05, 0) is 96.9 Å². The van der Waals surface area contributed by atoms with Crippen molar-refractivity contribution in [2.75, 3.05) is 10.2 Å². The number of nitrogens with one attached hydrogen (secondary N) is 1. The first kappa shape index (κ1) is 27.4. The molecular formula is C44H33N3. The fourth-order valence-electron chi connectivity index (χ4n) is 7.47. The van der Waals surface area contributed by atoms with Gasteiger partial charge in [0, 0.05) is 11.8 Å². The summed E-state index contributed by atoms with van der Waals surface area (Å²) in [6.45, 7) is 2.23. The van der Waals surface area contributed by atoms with Crippen molar-refractivity contribution in [1.29, 1.82) is 0 Å². The molecule has 0 bridgehead atoms. The van der Waals surface area contributed by atoms with Crippen LogP contribution in [0.1, 0.15) is 13.3 Å². The molecule has 0 saturated carbocycles. The van der Waals surface area contributed by atoms with E-state index < -0.39 is 0 Å². The Kier molecular flexibility index (Phi) is 6.50. The summed E-state index contributed by atoms with van der Waals surface area (Å²) >= 11 is 0. The maximum Gasteiger partial charge on any atom is 0.104 e. The topological polar surface area (TPSA) is 28.2 Å². The van der Waals surface area contributed by atoms with Gasteiger partial charge >= 0.3 is 0 Å². The van der Waals surface area contributed by atoms with E-state index >= 15 is 0 Å². The molecule has 224 valence electrons. The number of aromatic nitrogens is 1. The molecule has 3 heteroatoms. The molecule has 0 radical (unpaired) electrons. The van der Waals surface area contributed by atoms with Crippen molar-refractivity contribution in [1.82, 2.24) is 4.98 Å². The van der Waals surface area contributed by atoms with Crippen molar-refractivity contribution in [2.24, 2.45) is 0 Å². The molecule has 1 aromatic heterocycles. The van der Waals surface area contributed by atoms with E-state index in [4.69, 9.17) is 4.98 Å². The monoisotopic (exact) mass is 603 g/mol. The minimum atomic E-state index is 0.165. The van der Waals surface area contributed by atoms with Crippen molar-refractivity contribution in [3.8, 4) is 33.4 Å². The van der Waals surface area contributed by atoms with Crippen LogP contribution in [0, 0.1) is 0 Å². The molecule has 7 aromatic carbocycles. The maximum atomic E-state index is 4.89. The molecule has 1 aliphatic rings. The lowest BCUT2D eigenvalue weighted by Crippen LogP contribution is -2.31. The van der Waals surface area contributed by atoms with Gasteiger partial charge in [0.15, 0.2) is 0 Å². The molecule has 0 amide bonds. The number of anilines is 3. The normalized spacial score (nSPS) is 14.1. The SMILES string of the molecule is CCC1Nc2ccccc2N1c1cncc(-c2c3ccccc3c(-c3ccc4ccccc4c3)c3ccc(-c4ccccc4)cc23)c1. The van der Waals surface area contributed by atoms with Gasteiger partial charge in [-0.15, -0.1) is 0 Å². The molecule has 0 spiro atoms. The van der Waals surface area contributed by atoms with Crippen molar-refractivity contribution in [3.05, 3.63) is 158 Å². The van der Waals surface area contributed by atoms with Crippen molar-refractivity contribution >= 4 is 49.4 Å². The van der Waals surface area contributed by atoms with Gasteiger partial charge in [-0.2, -0.15) is 0 Å². The lowest BCUT2D eigenvalue weighted by molar-refractivity contribution is 0.727. The van der Waals surface area contributed by atoms with E-state index in [9.17, 15) is 0 Å². The largest absolute Gasteiger partial charge is 0.363 e. The third-order valence-corrected chi connectivity index (χ3v) is 9.64. The van der Waals surface area contributed by atoms with Gasteiger partial charge in [-0.25, -0.2) is 0 Å². The van der Waals surface area contributed by atoms with Crippen LogP contribution in [0.15, 0.2) is 158 Å². The number of rotatable bonds is 5. The molecule has 1 atom stereocenters. The lowest BCUT2D eigenvalue weighted by atomic mass is 9.84. The first-order chi connectivity index (χ1) is 23.3. The Hall–Kier alpha value is -5.93. The lowest BCUT2D eigenvalue weighted by Gasteiger charge is -2.26. The molecule has 8 aromatic rings. The molecule has 1 unspecified atom stereocenters. The molecule has 9 rings (SSSR count). The second-order valence-corrected chi connectivity index (χ2v) is 12.4. The quantitative estimate of drug-likeness (QED) is 0.198. The Labute approximate surface area is 274 Å². The summed E-state index contributed by atoms with van der Waals surface area (Å²) < 4.78 is 0. The Morgan fingerprint density at radius 2 is 1.21 bits per heavy atom. The molecule has 3 nitrogen and oxygen atoms in total. The number of pyridine rings is 1. The van der Waals surface area contributed by atoms with E-state index in [1.54, 1.807) is 0 Å². The summed E-state index contributed by atoms with van der Waals surface area (Å²) in [5, 5.41) is 11.1. The molecule has 2 heterocycles. The van der Waals surface area contributed by atoms with Crippen molar-refractivity contribution in [3.63, 3.8) is 0 Å². The summed E-state index contributed by atoms with van der Waals surface area (Å²) in [6, 6.07) is 52.9. The minimum absolute atomic E-state index is 0.165. The number of nitrogens with zero attached hydrogens (tertiary/aromatic N) is 2. The first-order valence-electron chi connectivity index (χ1n) is 16.4. The number of para-hydroxylation sites is 2. The van der Waals surface area contributed by atoms with Crippen molar-refractivity contribution < 1.29 is 0 Å². The van der Waals surface area contributed by atoms with Crippen LogP contribution in [-0.2, 0) is 0 Å². The number of benzene rings is 7. The van der Waals surface area contributed by atoms with Gasteiger partial charge in [0.25, 0.3) is 0 Å². The number of fused-ring (bicyclic) bond motifs is 4. The summed E-state index contributed by atoms with van der Waals surface area (Å²) in [4.78, 5) is 7.28. The van der Waals surface area contributed by atoms with Crippen LogP contribution < -0.4 is 10.2 Å². The van der Waals surface area contributed by atoms with E-state index in [2.05, 4.69) is 163 Å². The minimum Gasteiger partial charge on any atom is -0.363 e. The zero-order valence-corrected chi connectivity index (χ0v) is 26.2. The van der Waals surface area contributed by atoms with Crippen LogP contribution in [0.5, 0.6) is 0 Å². The van der Waals surface area contributed by atoms with Crippen molar-refractivity contribution in [2.45, 2.75) is 19.5 Å². The third kappa shape index (κ3) is 4.54. The highest BCUT2D eigenvalue weighted by atomic mass is 15.3. The number of hydrogen-bond donors (Lipinski definition) is 1. The highest BCUT2D eigenvalue weighted by Crippen LogP contribution is 2.47. The molecule has 47 heavy (non-hydrogen) atoms. The second-order valence-electron chi connectivity index (χ2n) is 12.4. The average molecular weight is 604 g/mol. The maximum absolute atomic E-state index is 4.89. The van der Waals surface area contributed by atoms with Gasteiger partial charge in [0.1, 0.15) is 6.17 Å².